The molecule has 100 valence electrons. The van der Waals surface area contributed by atoms with Crippen molar-refractivity contribution < 1.29 is 13.5 Å². The summed E-state index contributed by atoms with van der Waals surface area (Å²) < 4.78 is 31.9. The van der Waals surface area contributed by atoms with Gasteiger partial charge < -0.3 is 10.5 Å². The first-order valence-corrected chi connectivity index (χ1v) is 5.94. The van der Waals surface area contributed by atoms with Gasteiger partial charge in [-0.2, -0.15) is 0 Å². The highest BCUT2D eigenvalue weighted by Crippen LogP contribution is 2.26. The maximum Gasteiger partial charge on any atom is 0.126 e. The average molecular weight is 263 g/mol. The summed E-state index contributed by atoms with van der Waals surface area (Å²) >= 11 is 0. The van der Waals surface area contributed by atoms with E-state index in [2.05, 4.69) is 0 Å². The van der Waals surface area contributed by atoms with Crippen molar-refractivity contribution in [2.24, 2.45) is 5.73 Å². The van der Waals surface area contributed by atoms with Crippen molar-refractivity contribution in [2.45, 2.75) is 12.5 Å². The van der Waals surface area contributed by atoms with Gasteiger partial charge in [0, 0.05) is 11.6 Å². The molecule has 0 spiro atoms. The first-order valence-electron chi connectivity index (χ1n) is 5.94. The fraction of sp³-hybridized carbons (Fsp3) is 0.200. The molecule has 0 radical (unpaired) electrons. The van der Waals surface area contributed by atoms with Crippen molar-refractivity contribution in [1.29, 1.82) is 0 Å². The van der Waals surface area contributed by atoms with Gasteiger partial charge in [-0.05, 0) is 36.2 Å². The van der Waals surface area contributed by atoms with Crippen molar-refractivity contribution in [3.63, 3.8) is 0 Å². The van der Waals surface area contributed by atoms with Crippen LogP contribution in [0.3, 0.4) is 0 Å². The summed E-state index contributed by atoms with van der Waals surface area (Å²) in [5, 5.41) is 0. The first-order chi connectivity index (χ1) is 9.11. The van der Waals surface area contributed by atoms with E-state index >= 15 is 0 Å². The van der Waals surface area contributed by atoms with Crippen LogP contribution >= 0.6 is 0 Å². The zero-order valence-electron chi connectivity index (χ0n) is 10.6. The number of para-hydroxylation sites is 1. The van der Waals surface area contributed by atoms with E-state index in [1.165, 1.54) is 6.07 Å². The third-order valence-corrected chi connectivity index (χ3v) is 2.99. The highest BCUT2D eigenvalue weighted by molar-refractivity contribution is 5.36. The number of benzene rings is 2. The molecule has 0 aliphatic heterocycles. The van der Waals surface area contributed by atoms with E-state index in [9.17, 15) is 8.78 Å². The van der Waals surface area contributed by atoms with Gasteiger partial charge in [-0.15, -0.1) is 0 Å². The zero-order valence-corrected chi connectivity index (χ0v) is 10.6. The normalized spacial score (nSPS) is 12.2. The lowest BCUT2D eigenvalue weighted by Crippen LogP contribution is -2.15. The van der Waals surface area contributed by atoms with Crippen LogP contribution in [0.1, 0.15) is 17.2 Å². The van der Waals surface area contributed by atoms with Crippen LogP contribution in [0.25, 0.3) is 0 Å². The molecular weight excluding hydrogens is 248 g/mol. The van der Waals surface area contributed by atoms with Gasteiger partial charge in [0.25, 0.3) is 0 Å². The van der Waals surface area contributed by atoms with Crippen LogP contribution in [-0.2, 0) is 6.42 Å². The molecule has 0 aromatic heterocycles. The van der Waals surface area contributed by atoms with Gasteiger partial charge in [-0.25, -0.2) is 8.78 Å². The van der Waals surface area contributed by atoms with Crippen LogP contribution in [0.5, 0.6) is 5.75 Å². The lowest BCUT2D eigenvalue weighted by atomic mass is 9.98. The van der Waals surface area contributed by atoms with E-state index in [1.807, 2.05) is 18.2 Å². The lowest BCUT2D eigenvalue weighted by molar-refractivity contribution is 0.405. The van der Waals surface area contributed by atoms with E-state index in [0.29, 0.717) is 5.75 Å². The molecule has 2 rings (SSSR count). The van der Waals surface area contributed by atoms with Crippen LogP contribution in [0.15, 0.2) is 42.5 Å². The molecule has 2 aromatic rings. The molecule has 0 bridgehead atoms. The molecular formula is C15H15F2NO. The Morgan fingerprint density at radius 3 is 2.63 bits per heavy atom. The molecule has 0 aliphatic rings. The number of hydrogen-bond acceptors (Lipinski definition) is 2. The van der Waals surface area contributed by atoms with Crippen molar-refractivity contribution >= 4 is 0 Å². The second kappa shape index (κ2) is 5.80. The van der Waals surface area contributed by atoms with E-state index in [-0.39, 0.29) is 12.0 Å². The first kappa shape index (κ1) is 13.5. The van der Waals surface area contributed by atoms with Crippen molar-refractivity contribution in [1.82, 2.24) is 0 Å². The van der Waals surface area contributed by atoms with Gasteiger partial charge in [0.05, 0.1) is 7.11 Å². The van der Waals surface area contributed by atoms with Gasteiger partial charge >= 0.3 is 0 Å². The average Bonchev–Trinajstić information content (AvgIpc) is 2.42. The minimum Gasteiger partial charge on any atom is -0.496 e. The van der Waals surface area contributed by atoms with Crippen LogP contribution < -0.4 is 10.5 Å². The largest absolute Gasteiger partial charge is 0.496 e. The molecule has 2 aromatic carbocycles. The van der Waals surface area contributed by atoms with E-state index in [0.717, 1.165) is 17.7 Å². The summed E-state index contributed by atoms with van der Waals surface area (Å²) in [6, 6.07) is 10.2. The van der Waals surface area contributed by atoms with Crippen molar-refractivity contribution in [3.05, 3.63) is 65.2 Å². The van der Waals surface area contributed by atoms with Crippen LogP contribution in [-0.4, -0.2) is 7.11 Å². The number of ether oxygens (including phenoxy) is 1. The van der Waals surface area contributed by atoms with Gasteiger partial charge in [0.15, 0.2) is 0 Å². The van der Waals surface area contributed by atoms with Gasteiger partial charge in [0.1, 0.15) is 17.4 Å². The van der Waals surface area contributed by atoms with E-state index in [1.54, 1.807) is 13.2 Å². The monoisotopic (exact) mass is 263 g/mol. The molecule has 2 nitrogen and oxygen atoms in total. The fourth-order valence-electron chi connectivity index (χ4n) is 2.02. The van der Waals surface area contributed by atoms with Crippen LogP contribution in [0.2, 0.25) is 0 Å². The second-order valence-electron chi connectivity index (χ2n) is 4.29. The Labute approximate surface area is 110 Å². The molecule has 0 saturated heterocycles. The molecule has 4 heteroatoms. The zero-order chi connectivity index (χ0) is 13.8. The number of methoxy groups -OCH3 is 1. The van der Waals surface area contributed by atoms with E-state index in [4.69, 9.17) is 10.5 Å². The highest BCUT2D eigenvalue weighted by Gasteiger charge is 2.14. The van der Waals surface area contributed by atoms with Crippen LogP contribution in [0, 0.1) is 11.6 Å². The Balaban J connectivity index is 2.25. The Morgan fingerprint density at radius 1 is 1.16 bits per heavy atom. The molecule has 19 heavy (non-hydrogen) atoms. The minimum atomic E-state index is -0.469. The van der Waals surface area contributed by atoms with Gasteiger partial charge in [-0.1, -0.05) is 18.2 Å². The SMILES string of the molecule is COc1ccccc1C(N)Cc1cc(F)ccc1F. The smallest absolute Gasteiger partial charge is 0.126 e. The molecule has 1 unspecified atom stereocenters. The Kier molecular flexibility index (Phi) is 4.12. The second-order valence-corrected chi connectivity index (χ2v) is 4.29. The Morgan fingerprint density at radius 2 is 1.89 bits per heavy atom. The number of halogens is 2. The fourth-order valence-corrected chi connectivity index (χ4v) is 2.02. The van der Waals surface area contributed by atoms with Crippen molar-refractivity contribution in [2.75, 3.05) is 7.11 Å². The molecule has 1 atom stereocenters. The number of nitrogens with two attached hydrogens (primary N) is 1. The summed E-state index contributed by atoms with van der Waals surface area (Å²) in [5.74, 6) is -0.276. The predicted octanol–water partition coefficient (Wildman–Crippen LogP) is 3.22. The molecule has 0 fully saturated rings. The Hall–Kier alpha value is -1.94. The van der Waals surface area contributed by atoms with Gasteiger partial charge in [-0.3, -0.25) is 0 Å². The number of rotatable bonds is 4. The molecule has 2 N–H and O–H groups in total. The molecule has 0 aliphatic carbocycles. The standard InChI is InChI=1S/C15H15F2NO/c1-19-15-5-3-2-4-12(15)14(18)9-10-8-11(16)6-7-13(10)17/h2-8,14H,9,18H2,1H3. The van der Waals surface area contributed by atoms with Crippen molar-refractivity contribution in [3.8, 4) is 5.75 Å². The predicted molar refractivity (Wildman–Crippen MR) is 70.0 cm³/mol. The molecule has 0 amide bonds. The quantitative estimate of drug-likeness (QED) is 0.919. The summed E-state index contributed by atoms with van der Waals surface area (Å²) in [4.78, 5) is 0. The van der Waals surface area contributed by atoms with Crippen LogP contribution in [0.4, 0.5) is 8.78 Å². The third kappa shape index (κ3) is 3.09. The number of hydrogen-bond donors (Lipinski definition) is 1. The van der Waals surface area contributed by atoms with E-state index < -0.39 is 17.7 Å². The van der Waals surface area contributed by atoms with Gasteiger partial charge in [0.2, 0.25) is 0 Å². The molecule has 0 saturated carbocycles. The summed E-state index contributed by atoms with van der Waals surface area (Å²) in [6.07, 6.45) is 0.212. The maximum atomic E-state index is 13.6. The minimum absolute atomic E-state index is 0.212. The highest BCUT2D eigenvalue weighted by atomic mass is 19.1. The summed E-state index contributed by atoms with van der Waals surface area (Å²) in [5.41, 5.74) is 7.09. The third-order valence-electron chi connectivity index (χ3n) is 2.99. The maximum absolute atomic E-state index is 13.6. The summed E-state index contributed by atoms with van der Waals surface area (Å²) in [6.45, 7) is 0. The lowest BCUT2D eigenvalue weighted by Gasteiger charge is -2.16. The summed E-state index contributed by atoms with van der Waals surface area (Å²) in [7, 11) is 1.55. The molecule has 0 heterocycles. The Bertz CT molecular complexity index is 572. The topological polar surface area (TPSA) is 35.2 Å².